The van der Waals surface area contributed by atoms with Gasteiger partial charge in [0.05, 0.1) is 23.1 Å². The predicted molar refractivity (Wildman–Crippen MR) is 138 cm³/mol. The van der Waals surface area contributed by atoms with Crippen LogP contribution < -0.4 is 15.0 Å². The summed E-state index contributed by atoms with van der Waals surface area (Å²) in [6, 6.07) is 20.9. The first kappa shape index (κ1) is 22.4. The summed E-state index contributed by atoms with van der Waals surface area (Å²) >= 11 is 2.98. The van der Waals surface area contributed by atoms with Gasteiger partial charge in [0.1, 0.15) is 5.75 Å². The Morgan fingerprint density at radius 2 is 1.94 bits per heavy atom. The number of nitrogens with one attached hydrogen (secondary N) is 1. The SMILES string of the molecule is COc1ccc(C(=O)Nc2ccc3nc(SCC(=O)N4c5ccccc5C[C@H]4C)sc3c2)cc1. The lowest BCUT2D eigenvalue weighted by Crippen LogP contribution is -2.36. The number of hydrogen-bond acceptors (Lipinski definition) is 6. The number of carbonyl (C=O) groups excluding carboxylic acids is 2. The summed E-state index contributed by atoms with van der Waals surface area (Å²) < 4.78 is 6.93. The van der Waals surface area contributed by atoms with Gasteiger partial charge in [0.25, 0.3) is 5.91 Å². The first-order valence-corrected chi connectivity index (χ1v) is 12.7. The second kappa shape index (κ2) is 9.48. The molecular weight excluding hydrogens is 466 g/mol. The number of rotatable bonds is 6. The molecule has 0 bridgehead atoms. The molecule has 34 heavy (non-hydrogen) atoms. The van der Waals surface area contributed by atoms with Crippen molar-refractivity contribution in [1.82, 2.24) is 4.98 Å². The lowest BCUT2D eigenvalue weighted by Gasteiger charge is -2.22. The fraction of sp³-hybridized carbons (Fsp3) is 0.192. The minimum atomic E-state index is -0.188. The molecule has 0 radical (unpaired) electrons. The average molecular weight is 490 g/mol. The van der Waals surface area contributed by atoms with Crippen LogP contribution in [0.1, 0.15) is 22.8 Å². The Balaban J connectivity index is 1.25. The Hall–Kier alpha value is -3.36. The molecule has 2 amide bonds. The summed E-state index contributed by atoms with van der Waals surface area (Å²) in [7, 11) is 1.59. The average Bonchev–Trinajstić information content (AvgIpc) is 3.41. The van der Waals surface area contributed by atoms with Gasteiger partial charge in [-0.25, -0.2) is 4.98 Å². The van der Waals surface area contributed by atoms with Gasteiger partial charge in [-0.05, 0) is 67.4 Å². The van der Waals surface area contributed by atoms with E-state index in [1.54, 1.807) is 31.4 Å². The topological polar surface area (TPSA) is 71.5 Å². The fourth-order valence-corrected chi connectivity index (χ4v) is 6.09. The molecule has 1 aromatic heterocycles. The first-order chi connectivity index (χ1) is 16.5. The molecule has 1 aliphatic rings. The molecule has 6 nitrogen and oxygen atoms in total. The molecule has 1 aliphatic heterocycles. The van der Waals surface area contributed by atoms with E-state index in [1.165, 1.54) is 28.7 Å². The highest BCUT2D eigenvalue weighted by Crippen LogP contribution is 2.35. The van der Waals surface area contributed by atoms with Crippen LogP contribution in [0.15, 0.2) is 71.1 Å². The summed E-state index contributed by atoms with van der Waals surface area (Å²) in [4.78, 5) is 32.1. The van der Waals surface area contributed by atoms with Crippen LogP contribution in [0.3, 0.4) is 0 Å². The van der Waals surface area contributed by atoms with E-state index in [-0.39, 0.29) is 17.9 Å². The zero-order chi connectivity index (χ0) is 23.7. The number of benzene rings is 3. The van der Waals surface area contributed by atoms with Gasteiger partial charge in [-0.2, -0.15) is 0 Å². The monoisotopic (exact) mass is 489 g/mol. The summed E-state index contributed by atoms with van der Waals surface area (Å²) in [6.45, 7) is 2.09. The van der Waals surface area contributed by atoms with E-state index in [1.807, 2.05) is 41.3 Å². The summed E-state index contributed by atoms with van der Waals surface area (Å²) in [5.41, 5.74) is 4.34. The maximum Gasteiger partial charge on any atom is 0.255 e. The van der Waals surface area contributed by atoms with Crippen molar-refractivity contribution in [2.45, 2.75) is 23.7 Å². The number of ether oxygens (including phenoxy) is 1. The highest BCUT2D eigenvalue weighted by atomic mass is 32.2. The van der Waals surface area contributed by atoms with Crippen LogP contribution in [0.2, 0.25) is 0 Å². The van der Waals surface area contributed by atoms with Crippen molar-refractivity contribution in [3.05, 3.63) is 77.9 Å². The van der Waals surface area contributed by atoms with Gasteiger partial charge in [-0.15, -0.1) is 11.3 Å². The Kier molecular flexibility index (Phi) is 6.26. The molecule has 0 saturated heterocycles. The molecule has 1 N–H and O–H groups in total. The number of para-hydroxylation sites is 1. The fourth-order valence-electron chi connectivity index (χ4n) is 4.13. The first-order valence-electron chi connectivity index (χ1n) is 10.9. The smallest absolute Gasteiger partial charge is 0.255 e. The van der Waals surface area contributed by atoms with Crippen molar-refractivity contribution in [1.29, 1.82) is 0 Å². The van der Waals surface area contributed by atoms with Crippen LogP contribution in [0.25, 0.3) is 10.2 Å². The Morgan fingerprint density at radius 3 is 2.74 bits per heavy atom. The number of aromatic nitrogens is 1. The lowest BCUT2D eigenvalue weighted by atomic mass is 10.1. The van der Waals surface area contributed by atoms with Crippen LogP contribution in [0.5, 0.6) is 5.75 Å². The largest absolute Gasteiger partial charge is 0.497 e. The van der Waals surface area contributed by atoms with Crippen LogP contribution in [0.4, 0.5) is 11.4 Å². The third kappa shape index (κ3) is 4.51. The number of hydrogen-bond donors (Lipinski definition) is 1. The molecule has 3 aromatic carbocycles. The molecule has 5 rings (SSSR count). The molecular formula is C26H23N3O3S2. The van der Waals surface area contributed by atoms with Gasteiger partial charge in [0.2, 0.25) is 5.91 Å². The Labute approximate surface area is 206 Å². The maximum absolute atomic E-state index is 13.0. The number of anilines is 2. The van der Waals surface area contributed by atoms with Crippen molar-refractivity contribution in [3.8, 4) is 5.75 Å². The molecule has 0 unspecified atom stereocenters. The summed E-state index contributed by atoms with van der Waals surface area (Å²) in [5, 5.41) is 2.93. The number of carbonyl (C=O) groups is 2. The lowest BCUT2D eigenvalue weighted by molar-refractivity contribution is -0.116. The minimum absolute atomic E-state index is 0.0918. The standard InChI is InChI=1S/C26H23N3O3S2/c1-16-13-18-5-3-4-6-22(18)29(16)24(30)15-33-26-28-21-12-9-19(14-23(21)34-26)27-25(31)17-7-10-20(32-2)11-8-17/h3-12,14,16H,13,15H2,1-2H3,(H,27,31)/t16-/m1/s1. The molecule has 8 heteroatoms. The van der Waals surface area contributed by atoms with Crippen molar-refractivity contribution in [2.75, 3.05) is 23.1 Å². The molecule has 0 fully saturated rings. The number of thiazole rings is 1. The molecule has 0 spiro atoms. The number of thioether (sulfide) groups is 1. The Bertz CT molecular complexity index is 1370. The van der Waals surface area contributed by atoms with E-state index in [9.17, 15) is 9.59 Å². The van der Waals surface area contributed by atoms with Gasteiger partial charge < -0.3 is 15.0 Å². The second-order valence-electron chi connectivity index (χ2n) is 8.08. The third-order valence-corrected chi connectivity index (χ3v) is 7.92. The molecule has 2 heterocycles. The number of amides is 2. The molecule has 1 atom stereocenters. The van der Waals surface area contributed by atoms with E-state index in [0.717, 1.165) is 26.7 Å². The summed E-state index contributed by atoms with van der Waals surface area (Å²) in [6.07, 6.45) is 0.888. The number of methoxy groups -OCH3 is 1. The predicted octanol–water partition coefficient (Wildman–Crippen LogP) is 5.63. The van der Waals surface area contributed by atoms with E-state index in [4.69, 9.17) is 4.74 Å². The van der Waals surface area contributed by atoms with Gasteiger partial charge in [-0.3, -0.25) is 9.59 Å². The zero-order valence-electron chi connectivity index (χ0n) is 18.8. The van der Waals surface area contributed by atoms with Crippen molar-refractivity contribution in [2.24, 2.45) is 0 Å². The number of fused-ring (bicyclic) bond motifs is 2. The van der Waals surface area contributed by atoms with Crippen molar-refractivity contribution >= 4 is 56.5 Å². The van der Waals surface area contributed by atoms with E-state index < -0.39 is 0 Å². The number of nitrogens with zero attached hydrogens (tertiary/aromatic N) is 2. The second-order valence-corrected chi connectivity index (χ2v) is 10.3. The van der Waals surface area contributed by atoms with Crippen LogP contribution >= 0.6 is 23.1 Å². The maximum atomic E-state index is 13.0. The summed E-state index contributed by atoms with van der Waals surface area (Å²) in [5.74, 6) is 0.940. The molecule has 4 aromatic rings. The highest BCUT2D eigenvalue weighted by Gasteiger charge is 2.30. The quantitative estimate of drug-likeness (QED) is 0.356. The third-order valence-electron chi connectivity index (χ3n) is 5.77. The van der Waals surface area contributed by atoms with Crippen LogP contribution in [-0.2, 0) is 11.2 Å². The van der Waals surface area contributed by atoms with E-state index in [2.05, 4.69) is 23.3 Å². The van der Waals surface area contributed by atoms with Gasteiger partial charge in [0, 0.05) is 23.0 Å². The van der Waals surface area contributed by atoms with Gasteiger partial charge in [0.15, 0.2) is 4.34 Å². The minimum Gasteiger partial charge on any atom is -0.497 e. The van der Waals surface area contributed by atoms with Gasteiger partial charge in [-0.1, -0.05) is 30.0 Å². The zero-order valence-corrected chi connectivity index (χ0v) is 20.4. The Morgan fingerprint density at radius 1 is 1.15 bits per heavy atom. The molecule has 0 aliphatic carbocycles. The molecule has 172 valence electrons. The van der Waals surface area contributed by atoms with Crippen LogP contribution in [-0.4, -0.2) is 35.7 Å². The van der Waals surface area contributed by atoms with Crippen molar-refractivity contribution in [3.63, 3.8) is 0 Å². The normalized spacial score (nSPS) is 14.8. The van der Waals surface area contributed by atoms with Gasteiger partial charge >= 0.3 is 0 Å². The van der Waals surface area contributed by atoms with Crippen molar-refractivity contribution < 1.29 is 14.3 Å². The highest BCUT2D eigenvalue weighted by molar-refractivity contribution is 8.01. The molecule has 0 saturated carbocycles. The van der Waals surface area contributed by atoms with E-state index >= 15 is 0 Å². The van der Waals surface area contributed by atoms with Crippen LogP contribution in [0, 0.1) is 0 Å². The van der Waals surface area contributed by atoms with E-state index in [0.29, 0.717) is 22.8 Å².